The number of amides is 1. The smallest absolute Gasteiger partial charge is 0.220 e. The minimum atomic E-state index is -0.0883. The Morgan fingerprint density at radius 3 is 2.64 bits per heavy atom. The third-order valence-corrected chi connectivity index (χ3v) is 3.13. The van der Waals surface area contributed by atoms with Gasteiger partial charge in [-0.1, -0.05) is 0 Å². The van der Waals surface area contributed by atoms with Gasteiger partial charge in [-0.2, -0.15) is 11.8 Å². The monoisotopic (exact) mass is 238 g/mol. The lowest BCUT2D eigenvalue weighted by atomic mass is 9.78. The molecule has 5 heteroatoms. The topological polar surface area (TPSA) is 55.1 Å². The van der Waals surface area contributed by atoms with Crippen molar-refractivity contribution in [1.29, 1.82) is 0 Å². The number of hydrogen-bond donors (Lipinski definition) is 2. The largest absolute Gasteiger partial charge is 0.354 e. The van der Waals surface area contributed by atoms with Crippen molar-refractivity contribution in [3.8, 4) is 0 Å². The molecule has 0 aromatic carbocycles. The highest BCUT2D eigenvalue weighted by molar-refractivity contribution is 7.98. The van der Waals surface area contributed by atoms with Crippen LogP contribution < -0.4 is 11.1 Å². The number of nitrogens with two attached hydrogens (primary N) is 1. The summed E-state index contributed by atoms with van der Waals surface area (Å²) in [5.74, 6) is 1.02. The van der Waals surface area contributed by atoms with Gasteiger partial charge in [0.2, 0.25) is 5.91 Å². The molecule has 0 spiro atoms. The maximum Gasteiger partial charge on any atom is 0.220 e. The average Bonchev–Trinajstić information content (AvgIpc) is 2.08. The standard InChI is InChI=1S/C9H18N2OS.ClH/c1-13-6-3-8(12)11-7-9(10)4-2-5-9;/h2-7,10H2,1H3,(H,11,12);1H. The molecule has 0 aliphatic heterocycles. The molecule has 1 fully saturated rings. The van der Waals surface area contributed by atoms with Gasteiger partial charge in [0, 0.05) is 24.3 Å². The van der Waals surface area contributed by atoms with Crippen molar-refractivity contribution < 1.29 is 4.79 Å². The summed E-state index contributed by atoms with van der Waals surface area (Å²) in [4.78, 5) is 11.2. The second kappa shape index (κ2) is 6.53. The molecule has 3 N–H and O–H groups in total. The zero-order valence-electron chi connectivity index (χ0n) is 8.54. The molecule has 1 saturated carbocycles. The lowest BCUT2D eigenvalue weighted by molar-refractivity contribution is -0.121. The average molecular weight is 239 g/mol. The van der Waals surface area contributed by atoms with Crippen molar-refractivity contribution in [2.45, 2.75) is 31.2 Å². The molecule has 0 unspecified atom stereocenters. The van der Waals surface area contributed by atoms with Gasteiger partial charge in [-0.05, 0) is 25.5 Å². The molecule has 0 radical (unpaired) electrons. The van der Waals surface area contributed by atoms with Crippen molar-refractivity contribution in [3.05, 3.63) is 0 Å². The first-order valence-corrected chi connectivity index (χ1v) is 6.10. The third kappa shape index (κ3) is 4.53. The van der Waals surface area contributed by atoms with E-state index in [4.69, 9.17) is 5.73 Å². The molecule has 0 bridgehead atoms. The Labute approximate surface area is 96.0 Å². The van der Waals surface area contributed by atoms with Crippen LogP contribution in [0.1, 0.15) is 25.7 Å². The molecule has 0 saturated heterocycles. The molecule has 0 atom stereocenters. The normalized spacial score (nSPS) is 17.9. The Morgan fingerprint density at radius 2 is 2.21 bits per heavy atom. The van der Waals surface area contributed by atoms with Crippen LogP contribution in [0.15, 0.2) is 0 Å². The van der Waals surface area contributed by atoms with Crippen molar-refractivity contribution >= 4 is 30.1 Å². The fourth-order valence-electron chi connectivity index (χ4n) is 1.37. The van der Waals surface area contributed by atoms with Gasteiger partial charge in [0.25, 0.3) is 0 Å². The van der Waals surface area contributed by atoms with E-state index in [-0.39, 0.29) is 23.9 Å². The van der Waals surface area contributed by atoms with Crippen molar-refractivity contribution in [1.82, 2.24) is 5.32 Å². The van der Waals surface area contributed by atoms with E-state index in [0.717, 1.165) is 18.6 Å². The maximum atomic E-state index is 11.2. The van der Waals surface area contributed by atoms with Crippen LogP contribution in [0.5, 0.6) is 0 Å². The second-order valence-electron chi connectivity index (χ2n) is 3.74. The lowest BCUT2D eigenvalue weighted by Gasteiger charge is -2.38. The highest BCUT2D eigenvalue weighted by atomic mass is 35.5. The first kappa shape index (κ1) is 14.1. The van der Waals surface area contributed by atoms with E-state index in [1.165, 1.54) is 6.42 Å². The lowest BCUT2D eigenvalue weighted by Crippen LogP contribution is -2.54. The summed E-state index contributed by atoms with van der Waals surface area (Å²) >= 11 is 1.69. The van der Waals surface area contributed by atoms with Crippen LogP contribution in [0.4, 0.5) is 0 Å². The molecule has 1 aliphatic carbocycles. The minimum Gasteiger partial charge on any atom is -0.354 e. The Balaban J connectivity index is 0.00000169. The van der Waals surface area contributed by atoms with Gasteiger partial charge >= 0.3 is 0 Å². The number of carbonyl (C=O) groups is 1. The molecular formula is C9H19ClN2OS. The Bertz CT molecular complexity index is 186. The van der Waals surface area contributed by atoms with E-state index in [1.807, 2.05) is 6.26 Å². The second-order valence-corrected chi connectivity index (χ2v) is 4.72. The van der Waals surface area contributed by atoms with E-state index >= 15 is 0 Å². The number of halogens is 1. The molecule has 0 heterocycles. The number of hydrogen-bond acceptors (Lipinski definition) is 3. The molecule has 84 valence electrons. The number of rotatable bonds is 5. The van der Waals surface area contributed by atoms with Crippen LogP contribution in [-0.2, 0) is 4.79 Å². The number of thioether (sulfide) groups is 1. The van der Waals surface area contributed by atoms with E-state index < -0.39 is 0 Å². The maximum absolute atomic E-state index is 11.2. The first-order valence-electron chi connectivity index (χ1n) is 4.71. The Kier molecular flexibility index (Phi) is 6.57. The zero-order chi connectivity index (χ0) is 9.73. The molecule has 1 amide bonds. The van der Waals surface area contributed by atoms with Gasteiger partial charge in [0.15, 0.2) is 0 Å². The van der Waals surface area contributed by atoms with Gasteiger partial charge in [-0.15, -0.1) is 12.4 Å². The van der Waals surface area contributed by atoms with E-state index in [9.17, 15) is 4.79 Å². The van der Waals surface area contributed by atoms with Crippen LogP contribution in [0.3, 0.4) is 0 Å². The quantitative estimate of drug-likeness (QED) is 0.756. The first-order chi connectivity index (χ1) is 6.16. The molecule has 14 heavy (non-hydrogen) atoms. The highest BCUT2D eigenvalue weighted by Gasteiger charge is 2.32. The van der Waals surface area contributed by atoms with Gasteiger partial charge < -0.3 is 11.1 Å². The predicted octanol–water partition coefficient (Wildman–Crippen LogP) is 1.16. The zero-order valence-corrected chi connectivity index (χ0v) is 10.2. The summed E-state index contributed by atoms with van der Waals surface area (Å²) in [6.45, 7) is 0.653. The SMILES string of the molecule is CSCCC(=O)NCC1(N)CCC1.Cl. The summed E-state index contributed by atoms with van der Waals surface area (Å²) in [7, 11) is 0. The van der Waals surface area contributed by atoms with Crippen LogP contribution in [0, 0.1) is 0 Å². The fourth-order valence-corrected chi connectivity index (χ4v) is 1.75. The minimum absolute atomic E-state index is 0. The predicted molar refractivity (Wildman–Crippen MR) is 64.0 cm³/mol. The summed E-state index contributed by atoms with van der Waals surface area (Å²) in [6, 6.07) is 0. The van der Waals surface area contributed by atoms with E-state index in [1.54, 1.807) is 11.8 Å². The van der Waals surface area contributed by atoms with E-state index in [0.29, 0.717) is 13.0 Å². The van der Waals surface area contributed by atoms with Crippen LogP contribution in [0.25, 0.3) is 0 Å². The van der Waals surface area contributed by atoms with Gasteiger partial charge in [-0.25, -0.2) is 0 Å². The summed E-state index contributed by atoms with van der Waals surface area (Å²) in [5, 5.41) is 2.88. The van der Waals surface area contributed by atoms with Gasteiger partial charge in [0.05, 0.1) is 0 Å². The molecular weight excluding hydrogens is 220 g/mol. The fraction of sp³-hybridized carbons (Fsp3) is 0.889. The van der Waals surface area contributed by atoms with Gasteiger partial charge in [-0.3, -0.25) is 4.79 Å². The molecule has 0 aromatic rings. The highest BCUT2D eigenvalue weighted by Crippen LogP contribution is 2.27. The van der Waals surface area contributed by atoms with Crippen LogP contribution in [-0.4, -0.2) is 30.0 Å². The van der Waals surface area contributed by atoms with Crippen molar-refractivity contribution in [2.75, 3.05) is 18.6 Å². The van der Waals surface area contributed by atoms with Crippen LogP contribution >= 0.6 is 24.2 Å². The number of carbonyl (C=O) groups excluding carboxylic acids is 1. The van der Waals surface area contributed by atoms with Crippen molar-refractivity contribution in [2.24, 2.45) is 5.73 Å². The Hall–Kier alpha value is 0.0700. The molecule has 3 nitrogen and oxygen atoms in total. The molecule has 1 aliphatic rings. The van der Waals surface area contributed by atoms with Crippen molar-refractivity contribution in [3.63, 3.8) is 0 Å². The van der Waals surface area contributed by atoms with Crippen LogP contribution in [0.2, 0.25) is 0 Å². The summed E-state index contributed by atoms with van der Waals surface area (Å²) < 4.78 is 0. The van der Waals surface area contributed by atoms with Gasteiger partial charge in [0.1, 0.15) is 0 Å². The number of nitrogens with one attached hydrogen (secondary N) is 1. The molecule has 1 rings (SSSR count). The van der Waals surface area contributed by atoms with E-state index in [2.05, 4.69) is 5.32 Å². The summed E-state index contributed by atoms with van der Waals surface area (Å²) in [5.41, 5.74) is 5.87. The Morgan fingerprint density at radius 1 is 1.57 bits per heavy atom. The third-order valence-electron chi connectivity index (χ3n) is 2.52. The summed E-state index contributed by atoms with van der Waals surface area (Å²) in [6.07, 6.45) is 5.92. The molecule has 0 aromatic heterocycles.